The van der Waals surface area contributed by atoms with E-state index in [-0.39, 0.29) is 17.2 Å². The summed E-state index contributed by atoms with van der Waals surface area (Å²) < 4.78 is 64.3. The Balaban J connectivity index is 1.75. The van der Waals surface area contributed by atoms with Crippen molar-refractivity contribution in [3.8, 4) is 0 Å². The Morgan fingerprint density at radius 1 is 1.03 bits per heavy atom. The molecule has 0 aromatic heterocycles. The molecule has 0 atom stereocenters. The standard InChI is InChI=1S/C19H21FN2O5S2/c1-28(24,25)16-9-11-22(12-10-16)19(23)14-5-4-6-15(13-14)21-29(26,27)18-8-3-2-7-17(18)20/h2-8,13,16,21H,9-12H2,1H3. The number of amides is 1. The smallest absolute Gasteiger partial charge is 0.264 e. The first kappa shape index (κ1) is 21.3. The Bertz CT molecular complexity index is 1120. The third-order valence-electron chi connectivity index (χ3n) is 4.82. The Hall–Kier alpha value is -2.46. The number of sulfone groups is 1. The van der Waals surface area contributed by atoms with Crippen LogP contribution in [-0.4, -0.2) is 52.2 Å². The van der Waals surface area contributed by atoms with Gasteiger partial charge in [-0.2, -0.15) is 0 Å². The molecule has 29 heavy (non-hydrogen) atoms. The van der Waals surface area contributed by atoms with Gasteiger partial charge < -0.3 is 4.90 Å². The molecule has 3 rings (SSSR count). The summed E-state index contributed by atoms with van der Waals surface area (Å²) in [6, 6.07) is 10.9. The van der Waals surface area contributed by atoms with Crippen molar-refractivity contribution in [1.29, 1.82) is 0 Å². The molecule has 7 nitrogen and oxygen atoms in total. The molecular formula is C19H21FN2O5S2. The van der Waals surface area contributed by atoms with E-state index in [4.69, 9.17) is 0 Å². The van der Waals surface area contributed by atoms with E-state index in [0.717, 1.165) is 12.1 Å². The fraction of sp³-hybridized carbons (Fsp3) is 0.316. The SMILES string of the molecule is CS(=O)(=O)C1CCN(C(=O)c2cccc(NS(=O)(=O)c3ccccc3F)c2)CC1. The highest BCUT2D eigenvalue weighted by molar-refractivity contribution is 7.92. The molecule has 2 aromatic carbocycles. The maximum atomic E-state index is 13.8. The van der Waals surface area contributed by atoms with Crippen molar-refractivity contribution in [2.75, 3.05) is 24.1 Å². The van der Waals surface area contributed by atoms with E-state index in [1.807, 2.05) is 0 Å². The van der Waals surface area contributed by atoms with Gasteiger partial charge in [-0.15, -0.1) is 0 Å². The lowest BCUT2D eigenvalue weighted by Gasteiger charge is -2.31. The third kappa shape index (κ3) is 4.94. The number of anilines is 1. The number of likely N-dealkylation sites (tertiary alicyclic amines) is 1. The van der Waals surface area contributed by atoms with Crippen molar-refractivity contribution >= 4 is 31.5 Å². The van der Waals surface area contributed by atoms with E-state index >= 15 is 0 Å². The molecule has 156 valence electrons. The molecule has 1 heterocycles. The zero-order valence-electron chi connectivity index (χ0n) is 15.7. The molecule has 10 heteroatoms. The van der Waals surface area contributed by atoms with E-state index in [1.165, 1.54) is 36.6 Å². The molecule has 1 saturated heterocycles. The van der Waals surface area contributed by atoms with Gasteiger partial charge in [-0.25, -0.2) is 21.2 Å². The summed E-state index contributed by atoms with van der Waals surface area (Å²) in [5.41, 5.74) is 0.390. The molecule has 1 fully saturated rings. The van der Waals surface area contributed by atoms with Crippen LogP contribution in [0.1, 0.15) is 23.2 Å². The minimum Gasteiger partial charge on any atom is -0.339 e. The summed E-state index contributed by atoms with van der Waals surface area (Å²) in [5.74, 6) is -1.19. The molecule has 0 radical (unpaired) electrons. The normalized spacial score (nSPS) is 15.9. The van der Waals surface area contributed by atoms with Crippen LogP contribution in [0.15, 0.2) is 53.4 Å². The van der Waals surface area contributed by atoms with Gasteiger partial charge >= 0.3 is 0 Å². The lowest BCUT2D eigenvalue weighted by Crippen LogP contribution is -2.42. The van der Waals surface area contributed by atoms with Gasteiger partial charge in [0.2, 0.25) is 0 Å². The Labute approximate surface area is 169 Å². The number of nitrogens with zero attached hydrogens (tertiary/aromatic N) is 1. The van der Waals surface area contributed by atoms with Gasteiger partial charge in [-0.05, 0) is 43.2 Å². The average molecular weight is 441 g/mol. The first-order chi connectivity index (χ1) is 13.6. The predicted molar refractivity (Wildman–Crippen MR) is 107 cm³/mol. The van der Waals surface area contributed by atoms with Crippen LogP contribution in [-0.2, 0) is 19.9 Å². The van der Waals surface area contributed by atoms with Crippen LogP contribution in [0, 0.1) is 5.82 Å². The van der Waals surface area contributed by atoms with Crippen LogP contribution in [0.25, 0.3) is 0 Å². The number of halogens is 1. The van der Waals surface area contributed by atoms with Gasteiger partial charge in [0.25, 0.3) is 15.9 Å². The highest BCUT2D eigenvalue weighted by Gasteiger charge is 2.29. The van der Waals surface area contributed by atoms with E-state index in [1.54, 1.807) is 11.0 Å². The number of hydrogen-bond donors (Lipinski definition) is 1. The minimum atomic E-state index is -4.15. The lowest BCUT2D eigenvalue weighted by atomic mass is 10.1. The van der Waals surface area contributed by atoms with Crippen LogP contribution < -0.4 is 4.72 Å². The lowest BCUT2D eigenvalue weighted by molar-refractivity contribution is 0.0726. The largest absolute Gasteiger partial charge is 0.339 e. The van der Waals surface area contributed by atoms with Gasteiger partial charge in [-0.3, -0.25) is 9.52 Å². The molecule has 0 bridgehead atoms. The summed E-state index contributed by atoms with van der Waals surface area (Å²) >= 11 is 0. The summed E-state index contributed by atoms with van der Waals surface area (Å²) in [6.07, 6.45) is 1.93. The molecule has 0 spiro atoms. The summed E-state index contributed by atoms with van der Waals surface area (Å²) in [7, 11) is -7.29. The van der Waals surface area contributed by atoms with Crippen molar-refractivity contribution in [2.45, 2.75) is 23.0 Å². The average Bonchev–Trinajstić information content (AvgIpc) is 2.67. The maximum Gasteiger partial charge on any atom is 0.264 e. The van der Waals surface area contributed by atoms with Gasteiger partial charge in [-0.1, -0.05) is 18.2 Å². The molecule has 1 amide bonds. The topological polar surface area (TPSA) is 101 Å². The number of carbonyl (C=O) groups is 1. The van der Waals surface area contributed by atoms with Gasteiger partial charge in [0.15, 0.2) is 0 Å². The van der Waals surface area contributed by atoms with Gasteiger partial charge in [0.05, 0.1) is 5.25 Å². The second kappa shape index (κ2) is 8.11. The zero-order chi connectivity index (χ0) is 21.2. The van der Waals surface area contributed by atoms with Crippen LogP contribution in [0.4, 0.5) is 10.1 Å². The Morgan fingerprint density at radius 2 is 1.69 bits per heavy atom. The van der Waals surface area contributed by atoms with Crippen molar-refractivity contribution in [1.82, 2.24) is 4.90 Å². The summed E-state index contributed by atoms with van der Waals surface area (Å²) in [4.78, 5) is 13.8. The van der Waals surface area contributed by atoms with E-state index in [9.17, 15) is 26.0 Å². The number of benzene rings is 2. The molecular weight excluding hydrogens is 419 g/mol. The number of nitrogens with one attached hydrogen (secondary N) is 1. The first-order valence-electron chi connectivity index (χ1n) is 8.93. The monoisotopic (exact) mass is 440 g/mol. The number of carbonyl (C=O) groups excluding carboxylic acids is 1. The number of piperidine rings is 1. The fourth-order valence-electron chi connectivity index (χ4n) is 3.26. The van der Waals surface area contributed by atoms with E-state index < -0.39 is 35.8 Å². The van der Waals surface area contributed by atoms with E-state index in [2.05, 4.69) is 4.72 Å². The second-order valence-corrected chi connectivity index (χ2v) is 10.9. The first-order valence-corrected chi connectivity index (χ1v) is 12.4. The van der Waals surface area contributed by atoms with Gasteiger partial charge in [0.1, 0.15) is 20.5 Å². The highest BCUT2D eigenvalue weighted by atomic mass is 32.2. The molecule has 1 aliphatic rings. The molecule has 1 aliphatic heterocycles. The molecule has 1 N–H and O–H groups in total. The Kier molecular flexibility index (Phi) is 5.95. The molecule has 0 unspecified atom stereocenters. The van der Waals surface area contributed by atoms with Crippen molar-refractivity contribution in [2.24, 2.45) is 0 Å². The number of sulfonamides is 1. The molecule has 0 aliphatic carbocycles. The zero-order valence-corrected chi connectivity index (χ0v) is 17.3. The van der Waals surface area contributed by atoms with Crippen LogP contribution in [0.3, 0.4) is 0 Å². The van der Waals surface area contributed by atoms with E-state index in [0.29, 0.717) is 25.9 Å². The van der Waals surface area contributed by atoms with Crippen LogP contribution in [0.2, 0.25) is 0 Å². The van der Waals surface area contributed by atoms with Crippen LogP contribution in [0.5, 0.6) is 0 Å². The summed E-state index contributed by atoms with van der Waals surface area (Å²) in [5, 5.41) is -0.453. The van der Waals surface area contributed by atoms with Crippen molar-refractivity contribution < 1.29 is 26.0 Å². The minimum absolute atomic E-state index is 0.130. The predicted octanol–water partition coefficient (Wildman–Crippen LogP) is 2.28. The molecule has 2 aromatic rings. The fourth-order valence-corrected chi connectivity index (χ4v) is 5.45. The third-order valence-corrected chi connectivity index (χ3v) is 7.92. The molecule has 0 saturated carbocycles. The maximum absolute atomic E-state index is 13.8. The Morgan fingerprint density at radius 3 is 2.31 bits per heavy atom. The number of rotatable bonds is 5. The highest BCUT2D eigenvalue weighted by Crippen LogP contribution is 2.22. The van der Waals surface area contributed by atoms with Crippen molar-refractivity contribution in [3.63, 3.8) is 0 Å². The quantitative estimate of drug-likeness (QED) is 0.769. The summed E-state index contributed by atoms with van der Waals surface area (Å²) in [6.45, 7) is 0.615. The van der Waals surface area contributed by atoms with Crippen molar-refractivity contribution in [3.05, 3.63) is 59.9 Å². The second-order valence-electron chi connectivity index (χ2n) is 6.94. The van der Waals surface area contributed by atoms with Crippen LogP contribution >= 0.6 is 0 Å². The number of hydrogen-bond acceptors (Lipinski definition) is 5. The van der Waals surface area contributed by atoms with Gasteiger partial charge in [0, 0.05) is 30.6 Å².